The topological polar surface area (TPSA) is 59.0 Å². The number of hydrogen-bond donors (Lipinski definition) is 1. The van der Waals surface area contributed by atoms with Crippen LogP contribution >= 0.6 is 11.3 Å². The smallest absolute Gasteiger partial charge is 0.314 e. The summed E-state index contributed by atoms with van der Waals surface area (Å²) in [7, 11) is 3.11. The lowest BCUT2D eigenvalue weighted by atomic mass is 9.53. The molecule has 2 fully saturated rings. The molecule has 34 heavy (non-hydrogen) atoms. The van der Waals surface area contributed by atoms with E-state index in [9.17, 15) is 9.90 Å². The monoisotopic (exact) mass is 477 g/mol. The number of rotatable bonds is 6. The Bertz CT molecular complexity index is 1120. The van der Waals surface area contributed by atoms with Gasteiger partial charge in [0.05, 0.1) is 25.2 Å². The number of aliphatic hydroxyl groups is 1. The minimum Gasteiger partial charge on any atom is -0.497 e. The molecule has 2 aromatic carbocycles. The van der Waals surface area contributed by atoms with Crippen LogP contribution in [0.4, 0.5) is 0 Å². The van der Waals surface area contributed by atoms with Gasteiger partial charge in [0.2, 0.25) is 0 Å². The van der Waals surface area contributed by atoms with Crippen LogP contribution < -0.4 is 4.74 Å². The molecule has 1 N–H and O–H groups in total. The van der Waals surface area contributed by atoms with E-state index in [0.717, 1.165) is 17.9 Å². The van der Waals surface area contributed by atoms with E-state index in [1.54, 1.807) is 18.4 Å². The molecule has 0 radical (unpaired) electrons. The van der Waals surface area contributed by atoms with E-state index in [0.29, 0.717) is 25.9 Å². The van der Waals surface area contributed by atoms with Gasteiger partial charge in [-0.1, -0.05) is 42.5 Å². The fraction of sp³-hybridized carbons (Fsp3) is 0.393. The van der Waals surface area contributed by atoms with E-state index in [2.05, 4.69) is 33.9 Å². The Kier molecular flexibility index (Phi) is 6.23. The van der Waals surface area contributed by atoms with Gasteiger partial charge in [-0.15, -0.1) is 0 Å². The van der Waals surface area contributed by atoms with Crippen molar-refractivity contribution >= 4 is 17.3 Å². The van der Waals surface area contributed by atoms with Crippen LogP contribution in [0.1, 0.15) is 35.4 Å². The molecule has 2 heterocycles. The summed E-state index contributed by atoms with van der Waals surface area (Å²) in [6.07, 6.45) is 1.30. The normalized spacial score (nSPS) is 28.9. The van der Waals surface area contributed by atoms with Crippen LogP contribution in [0, 0.1) is 11.3 Å². The van der Waals surface area contributed by atoms with Crippen molar-refractivity contribution in [3.8, 4) is 5.75 Å². The number of thiophene rings is 1. The van der Waals surface area contributed by atoms with Gasteiger partial charge in [-0.2, -0.15) is 11.3 Å². The zero-order valence-electron chi connectivity index (χ0n) is 19.6. The molecule has 1 saturated carbocycles. The number of methoxy groups -OCH3 is 2. The summed E-state index contributed by atoms with van der Waals surface area (Å²) in [4.78, 5) is 16.0. The molecule has 1 aromatic heterocycles. The number of hydrogen-bond acceptors (Lipinski definition) is 6. The summed E-state index contributed by atoms with van der Waals surface area (Å²) in [5, 5.41) is 16.5. The highest BCUT2D eigenvalue weighted by Gasteiger charge is 2.66. The van der Waals surface area contributed by atoms with Gasteiger partial charge >= 0.3 is 5.97 Å². The quantitative estimate of drug-likeness (QED) is 0.516. The first-order chi connectivity index (χ1) is 16.5. The molecule has 6 heteroatoms. The third kappa shape index (κ3) is 3.74. The maximum absolute atomic E-state index is 13.7. The minimum atomic E-state index is -1.14. The number of likely N-dealkylation sites (tertiary alicyclic amines) is 1. The van der Waals surface area contributed by atoms with Gasteiger partial charge in [-0.05, 0) is 58.5 Å². The van der Waals surface area contributed by atoms with Crippen LogP contribution in [0.25, 0.3) is 0 Å². The second-order valence-corrected chi connectivity index (χ2v) is 10.3. The molecular formula is C28H31NO4S. The third-order valence-corrected chi connectivity index (χ3v) is 8.61. The SMILES string of the molecule is COC(=O)C12CN(Cc3ccccc3)CC1C(O)(c1ccc(OC)cc1)CCC2c1ccsc1. The van der Waals surface area contributed by atoms with Crippen molar-refractivity contribution < 1.29 is 19.4 Å². The van der Waals surface area contributed by atoms with Crippen LogP contribution in [0.15, 0.2) is 71.4 Å². The van der Waals surface area contributed by atoms with Crippen molar-refractivity contribution in [2.75, 3.05) is 27.3 Å². The van der Waals surface area contributed by atoms with E-state index >= 15 is 0 Å². The molecule has 1 saturated heterocycles. The molecule has 0 bridgehead atoms. The van der Waals surface area contributed by atoms with E-state index in [-0.39, 0.29) is 17.8 Å². The number of benzene rings is 2. The van der Waals surface area contributed by atoms with Crippen LogP contribution in [-0.4, -0.2) is 43.3 Å². The van der Waals surface area contributed by atoms with Crippen molar-refractivity contribution in [2.45, 2.75) is 30.9 Å². The van der Waals surface area contributed by atoms with Crippen LogP contribution in [0.5, 0.6) is 5.75 Å². The lowest BCUT2D eigenvalue weighted by Crippen LogP contribution is -2.56. The van der Waals surface area contributed by atoms with Gasteiger partial charge in [0.25, 0.3) is 0 Å². The number of esters is 1. The van der Waals surface area contributed by atoms with E-state index in [1.165, 1.54) is 18.2 Å². The summed E-state index contributed by atoms with van der Waals surface area (Å²) in [6, 6.07) is 20.1. The van der Waals surface area contributed by atoms with Gasteiger partial charge in [0.1, 0.15) is 5.75 Å². The Morgan fingerprint density at radius 3 is 2.53 bits per heavy atom. The highest BCUT2D eigenvalue weighted by atomic mass is 32.1. The number of carbonyl (C=O) groups excluding carboxylic acids is 1. The maximum atomic E-state index is 13.7. The number of nitrogens with zero attached hydrogens (tertiary/aromatic N) is 1. The van der Waals surface area contributed by atoms with E-state index < -0.39 is 11.0 Å². The fourth-order valence-electron chi connectivity index (χ4n) is 6.36. The first kappa shape index (κ1) is 23.1. The first-order valence-electron chi connectivity index (χ1n) is 11.7. The molecule has 5 rings (SSSR count). The summed E-state index contributed by atoms with van der Waals surface area (Å²) >= 11 is 1.65. The molecule has 0 spiro atoms. The van der Waals surface area contributed by atoms with Crippen LogP contribution in [0.3, 0.4) is 0 Å². The van der Waals surface area contributed by atoms with E-state index in [4.69, 9.17) is 9.47 Å². The van der Waals surface area contributed by atoms with Gasteiger partial charge in [0, 0.05) is 31.5 Å². The Balaban J connectivity index is 1.60. The molecule has 1 aliphatic carbocycles. The lowest BCUT2D eigenvalue weighted by Gasteiger charge is -2.51. The molecule has 4 unspecified atom stereocenters. The Hall–Kier alpha value is -2.67. The van der Waals surface area contributed by atoms with Crippen molar-refractivity contribution in [3.05, 3.63) is 88.1 Å². The molecular weight excluding hydrogens is 446 g/mol. The zero-order chi connectivity index (χ0) is 23.8. The number of carbonyl (C=O) groups is 1. The second kappa shape index (κ2) is 9.17. The van der Waals surface area contributed by atoms with Gasteiger partial charge < -0.3 is 14.6 Å². The largest absolute Gasteiger partial charge is 0.497 e. The second-order valence-electron chi connectivity index (χ2n) is 9.54. The van der Waals surface area contributed by atoms with E-state index in [1.807, 2.05) is 42.5 Å². The third-order valence-electron chi connectivity index (χ3n) is 7.91. The van der Waals surface area contributed by atoms with Gasteiger partial charge in [-0.3, -0.25) is 9.69 Å². The number of fused-ring (bicyclic) bond motifs is 1. The fourth-order valence-corrected chi connectivity index (χ4v) is 7.07. The lowest BCUT2D eigenvalue weighted by molar-refractivity contribution is -0.173. The molecule has 2 aliphatic rings. The predicted molar refractivity (Wildman–Crippen MR) is 133 cm³/mol. The Morgan fingerprint density at radius 2 is 1.88 bits per heavy atom. The standard InChI is InChI=1S/C28H31NO4S/c1-32-23-10-8-22(9-11-23)28(31)14-12-24(21-13-15-34-18-21)27(26(30)33-2)19-29(17-25(27)28)16-20-6-4-3-5-7-20/h3-11,13,15,18,24-25,31H,12,14,16-17,19H2,1-2H3. The van der Waals surface area contributed by atoms with Crippen LogP contribution in [-0.2, 0) is 21.7 Å². The summed E-state index contributed by atoms with van der Waals surface area (Å²) in [5.41, 5.74) is 1.22. The molecule has 1 aliphatic heterocycles. The predicted octanol–water partition coefficient (Wildman–Crippen LogP) is 4.81. The average molecular weight is 478 g/mol. The van der Waals surface area contributed by atoms with Gasteiger partial charge in [-0.25, -0.2) is 0 Å². The van der Waals surface area contributed by atoms with Crippen molar-refractivity contribution in [3.63, 3.8) is 0 Å². The summed E-state index contributed by atoms with van der Waals surface area (Å²) in [5.74, 6) is 0.213. The average Bonchev–Trinajstić information content (AvgIpc) is 3.54. The molecule has 4 atom stereocenters. The Morgan fingerprint density at radius 1 is 1.12 bits per heavy atom. The number of ether oxygens (including phenoxy) is 2. The van der Waals surface area contributed by atoms with Crippen molar-refractivity contribution in [2.24, 2.45) is 11.3 Å². The van der Waals surface area contributed by atoms with Crippen LogP contribution in [0.2, 0.25) is 0 Å². The molecule has 178 valence electrons. The zero-order valence-corrected chi connectivity index (χ0v) is 20.5. The molecule has 0 amide bonds. The molecule has 5 nitrogen and oxygen atoms in total. The Labute approximate surface area is 204 Å². The van der Waals surface area contributed by atoms with Crippen molar-refractivity contribution in [1.29, 1.82) is 0 Å². The first-order valence-corrected chi connectivity index (χ1v) is 12.7. The summed E-state index contributed by atoms with van der Waals surface area (Å²) < 4.78 is 10.8. The minimum absolute atomic E-state index is 0.00417. The van der Waals surface area contributed by atoms with Crippen molar-refractivity contribution in [1.82, 2.24) is 4.90 Å². The molecule has 3 aromatic rings. The van der Waals surface area contributed by atoms with Gasteiger partial charge in [0.15, 0.2) is 0 Å². The highest BCUT2D eigenvalue weighted by molar-refractivity contribution is 7.08. The highest BCUT2D eigenvalue weighted by Crippen LogP contribution is 2.61. The maximum Gasteiger partial charge on any atom is 0.314 e. The summed E-state index contributed by atoms with van der Waals surface area (Å²) in [6.45, 7) is 1.90.